The molecule has 1 unspecified atom stereocenters. The first-order chi connectivity index (χ1) is 8.95. The van der Waals surface area contributed by atoms with E-state index in [1.807, 2.05) is 13.8 Å². The lowest BCUT2D eigenvalue weighted by atomic mass is 10.2. The van der Waals surface area contributed by atoms with Gasteiger partial charge in [-0.3, -0.25) is 19.3 Å². The van der Waals surface area contributed by atoms with Crippen LogP contribution in [0, 0.1) is 5.92 Å². The van der Waals surface area contributed by atoms with E-state index in [0.29, 0.717) is 32.0 Å². The number of nitrogens with zero attached hydrogens (tertiary/aromatic N) is 1. The molecule has 108 valence electrons. The Hall–Kier alpha value is -1.43. The van der Waals surface area contributed by atoms with Gasteiger partial charge in [0.05, 0.1) is 12.5 Å². The van der Waals surface area contributed by atoms with Crippen LogP contribution in [0.15, 0.2) is 0 Å². The zero-order valence-corrected chi connectivity index (χ0v) is 11.9. The van der Waals surface area contributed by atoms with Crippen molar-refractivity contribution in [1.82, 2.24) is 15.5 Å². The predicted molar refractivity (Wildman–Crippen MR) is 71.3 cm³/mol. The zero-order chi connectivity index (χ0) is 14.4. The smallest absolute Gasteiger partial charge is 0.246 e. The molecule has 2 N–H and O–H groups in total. The Labute approximate surface area is 113 Å². The van der Waals surface area contributed by atoms with E-state index in [-0.39, 0.29) is 24.1 Å². The summed E-state index contributed by atoms with van der Waals surface area (Å²) in [4.78, 5) is 36.0. The van der Waals surface area contributed by atoms with Crippen molar-refractivity contribution in [1.29, 1.82) is 0 Å². The average Bonchev–Trinajstić information content (AvgIpc) is 2.61. The molecule has 1 aliphatic heterocycles. The molecule has 1 atom stereocenters. The third-order valence-corrected chi connectivity index (χ3v) is 3.01. The van der Waals surface area contributed by atoms with Gasteiger partial charge in [-0.25, -0.2) is 0 Å². The topological polar surface area (TPSA) is 78.5 Å². The molecule has 6 heteroatoms. The molecule has 1 heterocycles. The Kier molecular flexibility index (Phi) is 5.95. The minimum atomic E-state index is -0.467. The SMILES string of the molecule is CCN1C(=O)CC(NCCC(=O)NCC(C)C)C1=O. The highest BCUT2D eigenvalue weighted by molar-refractivity contribution is 6.05. The molecule has 0 bridgehead atoms. The largest absolute Gasteiger partial charge is 0.356 e. The molecule has 0 aromatic heterocycles. The second kappa shape index (κ2) is 7.23. The lowest BCUT2D eigenvalue weighted by Gasteiger charge is -2.13. The van der Waals surface area contributed by atoms with Gasteiger partial charge in [-0.2, -0.15) is 0 Å². The fourth-order valence-electron chi connectivity index (χ4n) is 1.94. The minimum absolute atomic E-state index is 0.0367. The van der Waals surface area contributed by atoms with Crippen molar-refractivity contribution in [3.63, 3.8) is 0 Å². The molecular formula is C13H23N3O3. The summed E-state index contributed by atoms with van der Waals surface area (Å²) in [6.07, 6.45) is 0.511. The van der Waals surface area contributed by atoms with Crippen molar-refractivity contribution in [3.8, 4) is 0 Å². The van der Waals surface area contributed by atoms with Gasteiger partial charge in [0.1, 0.15) is 0 Å². The molecule has 0 spiro atoms. The average molecular weight is 269 g/mol. The summed E-state index contributed by atoms with van der Waals surface area (Å²) in [6.45, 7) is 7.30. The second-order valence-electron chi connectivity index (χ2n) is 5.13. The molecule has 1 aliphatic rings. The van der Waals surface area contributed by atoms with Gasteiger partial charge in [-0.05, 0) is 12.8 Å². The Morgan fingerprint density at radius 2 is 2.11 bits per heavy atom. The number of likely N-dealkylation sites (N-methyl/N-ethyl adjacent to an activating group) is 1. The van der Waals surface area contributed by atoms with Gasteiger partial charge in [0, 0.05) is 26.1 Å². The van der Waals surface area contributed by atoms with Crippen molar-refractivity contribution in [3.05, 3.63) is 0 Å². The maximum Gasteiger partial charge on any atom is 0.246 e. The van der Waals surface area contributed by atoms with E-state index < -0.39 is 6.04 Å². The lowest BCUT2D eigenvalue weighted by Crippen LogP contribution is -2.40. The Bertz CT molecular complexity index is 355. The maximum absolute atomic E-state index is 11.8. The summed E-state index contributed by atoms with van der Waals surface area (Å²) in [7, 11) is 0. The summed E-state index contributed by atoms with van der Waals surface area (Å²) < 4.78 is 0. The van der Waals surface area contributed by atoms with Gasteiger partial charge < -0.3 is 10.6 Å². The van der Waals surface area contributed by atoms with Crippen LogP contribution in [0.2, 0.25) is 0 Å². The molecule has 0 aromatic carbocycles. The van der Waals surface area contributed by atoms with Gasteiger partial charge in [0.15, 0.2) is 0 Å². The third kappa shape index (κ3) is 4.63. The number of nitrogens with one attached hydrogen (secondary N) is 2. The standard InChI is InChI=1S/C13H23N3O3/c1-4-16-12(18)7-10(13(16)19)14-6-5-11(17)15-8-9(2)3/h9-10,14H,4-8H2,1-3H3,(H,15,17). The molecule has 6 nitrogen and oxygen atoms in total. The van der Waals surface area contributed by atoms with E-state index in [9.17, 15) is 14.4 Å². The highest BCUT2D eigenvalue weighted by Crippen LogP contribution is 2.12. The van der Waals surface area contributed by atoms with Crippen LogP contribution >= 0.6 is 0 Å². The summed E-state index contributed by atoms with van der Waals surface area (Å²) in [5.74, 6) is 0.0544. The first-order valence-corrected chi connectivity index (χ1v) is 6.80. The third-order valence-electron chi connectivity index (χ3n) is 3.01. The molecule has 19 heavy (non-hydrogen) atoms. The van der Waals surface area contributed by atoms with Crippen molar-refractivity contribution >= 4 is 17.7 Å². The van der Waals surface area contributed by atoms with E-state index in [4.69, 9.17) is 0 Å². The zero-order valence-electron chi connectivity index (χ0n) is 11.9. The number of rotatable bonds is 7. The van der Waals surface area contributed by atoms with Crippen LogP contribution in [-0.4, -0.2) is 48.3 Å². The molecule has 0 aliphatic carbocycles. The van der Waals surface area contributed by atoms with Crippen LogP contribution in [-0.2, 0) is 14.4 Å². The van der Waals surface area contributed by atoms with Crippen molar-refractivity contribution in [2.75, 3.05) is 19.6 Å². The monoisotopic (exact) mass is 269 g/mol. The maximum atomic E-state index is 11.8. The first kappa shape index (κ1) is 15.6. The number of hydrogen-bond acceptors (Lipinski definition) is 4. The summed E-state index contributed by atoms with van der Waals surface area (Å²) in [5.41, 5.74) is 0. The van der Waals surface area contributed by atoms with Crippen molar-refractivity contribution < 1.29 is 14.4 Å². The van der Waals surface area contributed by atoms with Crippen LogP contribution in [0.5, 0.6) is 0 Å². The molecule has 1 fully saturated rings. The molecule has 3 amide bonds. The first-order valence-electron chi connectivity index (χ1n) is 6.80. The fourth-order valence-corrected chi connectivity index (χ4v) is 1.94. The van der Waals surface area contributed by atoms with E-state index in [0.717, 1.165) is 0 Å². The lowest BCUT2D eigenvalue weighted by molar-refractivity contribution is -0.138. The highest BCUT2D eigenvalue weighted by Gasteiger charge is 2.36. The summed E-state index contributed by atoms with van der Waals surface area (Å²) in [6, 6.07) is -0.467. The summed E-state index contributed by atoms with van der Waals surface area (Å²) in [5, 5.41) is 5.78. The van der Waals surface area contributed by atoms with E-state index in [2.05, 4.69) is 10.6 Å². The van der Waals surface area contributed by atoms with Crippen LogP contribution in [0.1, 0.15) is 33.6 Å². The number of hydrogen-bond donors (Lipinski definition) is 2. The van der Waals surface area contributed by atoms with Crippen LogP contribution < -0.4 is 10.6 Å². The number of amides is 3. The molecule has 1 rings (SSSR count). The van der Waals surface area contributed by atoms with E-state index in [1.54, 1.807) is 6.92 Å². The number of likely N-dealkylation sites (tertiary alicyclic amines) is 1. The number of carbonyl (C=O) groups excluding carboxylic acids is 3. The fraction of sp³-hybridized carbons (Fsp3) is 0.769. The van der Waals surface area contributed by atoms with Crippen molar-refractivity contribution in [2.24, 2.45) is 5.92 Å². The minimum Gasteiger partial charge on any atom is -0.356 e. The second-order valence-corrected chi connectivity index (χ2v) is 5.13. The molecular weight excluding hydrogens is 246 g/mol. The van der Waals surface area contributed by atoms with Crippen LogP contribution in [0.4, 0.5) is 0 Å². The van der Waals surface area contributed by atoms with Crippen molar-refractivity contribution in [2.45, 2.75) is 39.7 Å². The molecule has 1 saturated heterocycles. The van der Waals surface area contributed by atoms with E-state index >= 15 is 0 Å². The number of imide groups is 1. The van der Waals surface area contributed by atoms with Gasteiger partial charge in [0.25, 0.3) is 0 Å². The quantitative estimate of drug-likeness (QED) is 0.632. The summed E-state index contributed by atoms with van der Waals surface area (Å²) >= 11 is 0. The Morgan fingerprint density at radius 1 is 1.42 bits per heavy atom. The van der Waals surface area contributed by atoms with Crippen LogP contribution in [0.3, 0.4) is 0 Å². The molecule has 0 radical (unpaired) electrons. The normalized spacial score (nSPS) is 19.4. The number of carbonyl (C=O) groups is 3. The van der Waals surface area contributed by atoms with Gasteiger partial charge in [-0.15, -0.1) is 0 Å². The van der Waals surface area contributed by atoms with Gasteiger partial charge in [0.2, 0.25) is 17.7 Å². The van der Waals surface area contributed by atoms with E-state index in [1.165, 1.54) is 4.90 Å². The highest BCUT2D eigenvalue weighted by atomic mass is 16.2. The predicted octanol–water partition coefficient (Wildman–Crippen LogP) is -0.114. The molecule has 0 saturated carbocycles. The Balaban J connectivity index is 2.25. The van der Waals surface area contributed by atoms with Crippen LogP contribution in [0.25, 0.3) is 0 Å². The molecule has 0 aromatic rings. The van der Waals surface area contributed by atoms with Gasteiger partial charge >= 0.3 is 0 Å². The van der Waals surface area contributed by atoms with Gasteiger partial charge in [-0.1, -0.05) is 13.8 Å². The Morgan fingerprint density at radius 3 is 2.63 bits per heavy atom.